The van der Waals surface area contributed by atoms with E-state index < -0.39 is 6.10 Å². The van der Waals surface area contributed by atoms with Crippen LogP contribution in [-0.4, -0.2) is 18.2 Å². The van der Waals surface area contributed by atoms with Crippen molar-refractivity contribution in [1.29, 1.82) is 0 Å². The summed E-state index contributed by atoms with van der Waals surface area (Å²) < 4.78 is 1.01. The van der Waals surface area contributed by atoms with Crippen molar-refractivity contribution in [3.63, 3.8) is 0 Å². The van der Waals surface area contributed by atoms with Crippen LogP contribution in [0.1, 0.15) is 44.3 Å². The lowest BCUT2D eigenvalue weighted by Gasteiger charge is -2.23. The van der Waals surface area contributed by atoms with Crippen LogP contribution >= 0.6 is 15.9 Å². The molecule has 1 fully saturated rings. The van der Waals surface area contributed by atoms with Crippen LogP contribution in [0.15, 0.2) is 22.7 Å². The number of aliphatic hydroxyl groups is 1. The first kappa shape index (κ1) is 12.9. The van der Waals surface area contributed by atoms with Crippen LogP contribution in [0.4, 0.5) is 5.69 Å². The highest BCUT2D eigenvalue weighted by Crippen LogP contribution is 2.29. The lowest BCUT2D eigenvalue weighted by Crippen LogP contribution is -2.23. The molecule has 1 N–H and O–H groups in total. The van der Waals surface area contributed by atoms with Gasteiger partial charge < -0.3 is 10.0 Å². The molecule has 0 radical (unpaired) electrons. The number of anilines is 1. The van der Waals surface area contributed by atoms with E-state index >= 15 is 0 Å². The number of hydrogen-bond donors (Lipinski definition) is 1. The average Bonchev–Trinajstić information content (AvgIpc) is 2.56. The first-order valence-electron chi connectivity index (χ1n) is 6.41. The first-order chi connectivity index (χ1) is 8.18. The molecule has 0 spiro atoms. The summed E-state index contributed by atoms with van der Waals surface area (Å²) in [6.45, 7) is 4.10. The van der Waals surface area contributed by atoms with E-state index in [2.05, 4.69) is 33.0 Å². The van der Waals surface area contributed by atoms with Crippen molar-refractivity contribution in [3.8, 4) is 0 Å². The largest absolute Gasteiger partial charge is 0.389 e. The fraction of sp³-hybridized carbons (Fsp3) is 0.571. The zero-order valence-corrected chi connectivity index (χ0v) is 11.9. The first-order valence-corrected chi connectivity index (χ1v) is 7.20. The topological polar surface area (TPSA) is 23.5 Å². The molecule has 0 amide bonds. The Balaban J connectivity index is 2.18. The minimum Gasteiger partial charge on any atom is -0.389 e. The molecule has 1 unspecified atom stereocenters. The molecular formula is C14H20BrNO. The van der Waals surface area contributed by atoms with Crippen molar-refractivity contribution in [1.82, 2.24) is 0 Å². The maximum atomic E-state index is 9.61. The van der Waals surface area contributed by atoms with Gasteiger partial charge in [-0.2, -0.15) is 0 Å². The van der Waals surface area contributed by atoms with E-state index in [1.807, 2.05) is 6.07 Å². The van der Waals surface area contributed by atoms with Gasteiger partial charge in [0, 0.05) is 23.2 Å². The van der Waals surface area contributed by atoms with E-state index in [-0.39, 0.29) is 0 Å². The SMILES string of the molecule is CC(O)c1ccc(N2CCCCCC2)cc1Br. The molecule has 0 aromatic heterocycles. The Morgan fingerprint density at radius 2 is 1.82 bits per heavy atom. The molecule has 0 bridgehead atoms. The van der Waals surface area contributed by atoms with Crippen LogP contribution in [-0.2, 0) is 0 Å². The van der Waals surface area contributed by atoms with Crippen LogP contribution in [0.5, 0.6) is 0 Å². The molecule has 1 saturated heterocycles. The van der Waals surface area contributed by atoms with Gasteiger partial charge in [-0.25, -0.2) is 0 Å². The van der Waals surface area contributed by atoms with E-state index in [1.54, 1.807) is 6.92 Å². The lowest BCUT2D eigenvalue weighted by molar-refractivity contribution is 0.198. The van der Waals surface area contributed by atoms with Crippen LogP contribution < -0.4 is 4.90 Å². The number of rotatable bonds is 2. The molecular weight excluding hydrogens is 278 g/mol. The van der Waals surface area contributed by atoms with Gasteiger partial charge in [0.25, 0.3) is 0 Å². The monoisotopic (exact) mass is 297 g/mol. The van der Waals surface area contributed by atoms with E-state index in [9.17, 15) is 5.11 Å². The number of aliphatic hydroxyl groups excluding tert-OH is 1. The zero-order valence-electron chi connectivity index (χ0n) is 10.3. The fourth-order valence-electron chi connectivity index (χ4n) is 2.38. The maximum absolute atomic E-state index is 9.61. The van der Waals surface area contributed by atoms with Crippen LogP contribution in [0.3, 0.4) is 0 Å². The summed E-state index contributed by atoms with van der Waals surface area (Å²) in [5.41, 5.74) is 2.23. The predicted molar refractivity (Wildman–Crippen MR) is 75.5 cm³/mol. The van der Waals surface area contributed by atoms with Crippen LogP contribution in [0.25, 0.3) is 0 Å². The van der Waals surface area contributed by atoms with Gasteiger partial charge in [0.05, 0.1) is 6.10 Å². The summed E-state index contributed by atoms with van der Waals surface area (Å²) in [5.74, 6) is 0. The molecule has 2 nitrogen and oxygen atoms in total. The summed E-state index contributed by atoms with van der Waals surface area (Å²) in [6.07, 6.45) is 4.86. The predicted octanol–water partition coefficient (Wildman–Crippen LogP) is 3.88. The second-order valence-electron chi connectivity index (χ2n) is 4.78. The van der Waals surface area contributed by atoms with Gasteiger partial charge in [-0.15, -0.1) is 0 Å². The molecule has 0 aliphatic carbocycles. The van der Waals surface area contributed by atoms with Gasteiger partial charge in [-0.3, -0.25) is 0 Å². The second kappa shape index (κ2) is 5.87. The average molecular weight is 298 g/mol. The molecule has 1 aliphatic rings. The summed E-state index contributed by atoms with van der Waals surface area (Å²) in [5, 5.41) is 9.61. The van der Waals surface area contributed by atoms with Gasteiger partial charge >= 0.3 is 0 Å². The van der Waals surface area contributed by atoms with Crippen LogP contribution in [0, 0.1) is 0 Å². The van der Waals surface area contributed by atoms with Crippen molar-refractivity contribution in [2.75, 3.05) is 18.0 Å². The quantitative estimate of drug-likeness (QED) is 0.895. The van der Waals surface area contributed by atoms with Gasteiger partial charge in [0.2, 0.25) is 0 Å². The molecule has 17 heavy (non-hydrogen) atoms. The van der Waals surface area contributed by atoms with Gasteiger partial charge in [0.1, 0.15) is 0 Å². The number of benzene rings is 1. The minimum absolute atomic E-state index is 0.414. The minimum atomic E-state index is -0.414. The third-order valence-electron chi connectivity index (χ3n) is 3.41. The van der Waals surface area contributed by atoms with E-state index in [0.29, 0.717) is 0 Å². The van der Waals surface area contributed by atoms with Crippen molar-refractivity contribution >= 4 is 21.6 Å². The van der Waals surface area contributed by atoms with Crippen molar-refractivity contribution < 1.29 is 5.11 Å². The van der Waals surface area contributed by atoms with Gasteiger partial charge in [-0.1, -0.05) is 34.8 Å². The Kier molecular flexibility index (Phi) is 4.46. The molecule has 1 atom stereocenters. The van der Waals surface area contributed by atoms with E-state index in [4.69, 9.17) is 0 Å². The molecule has 1 heterocycles. The van der Waals surface area contributed by atoms with E-state index in [1.165, 1.54) is 31.4 Å². The van der Waals surface area contributed by atoms with Crippen LogP contribution in [0.2, 0.25) is 0 Å². The number of nitrogens with zero attached hydrogens (tertiary/aromatic N) is 1. The lowest BCUT2D eigenvalue weighted by atomic mass is 10.1. The molecule has 1 aromatic rings. The smallest absolute Gasteiger partial charge is 0.0772 e. The van der Waals surface area contributed by atoms with E-state index in [0.717, 1.165) is 23.1 Å². The standard InChI is InChI=1S/C14H20BrNO/c1-11(17)13-7-6-12(10-14(13)15)16-8-4-2-3-5-9-16/h6-7,10-11,17H,2-5,8-9H2,1H3. The molecule has 2 rings (SSSR count). The zero-order chi connectivity index (χ0) is 12.3. The third-order valence-corrected chi connectivity index (χ3v) is 4.09. The molecule has 94 valence electrons. The summed E-state index contributed by atoms with van der Waals surface area (Å²) >= 11 is 3.55. The number of hydrogen-bond acceptors (Lipinski definition) is 2. The van der Waals surface area contributed by atoms with Gasteiger partial charge in [-0.05, 0) is 37.5 Å². The fourth-order valence-corrected chi connectivity index (χ4v) is 3.08. The Bertz CT molecular complexity index is 370. The van der Waals surface area contributed by atoms with Crippen molar-refractivity contribution in [3.05, 3.63) is 28.2 Å². The Morgan fingerprint density at radius 1 is 1.18 bits per heavy atom. The highest BCUT2D eigenvalue weighted by Gasteiger charge is 2.12. The summed E-state index contributed by atoms with van der Waals surface area (Å²) in [7, 11) is 0. The summed E-state index contributed by atoms with van der Waals surface area (Å²) in [6, 6.07) is 6.28. The Hall–Kier alpha value is -0.540. The Labute approximate surface area is 112 Å². The molecule has 1 aromatic carbocycles. The van der Waals surface area contributed by atoms with Gasteiger partial charge in [0.15, 0.2) is 0 Å². The van der Waals surface area contributed by atoms with Crippen molar-refractivity contribution in [2.24, 2.45) is 0 Å². The normalized spacial score (nSPS) is 18.9. The molecule has 0 saturated carbocycles. The highest BCUT2D eigenvalue weighted by atomic mass is 79.9. The highest BCUT2D eigenvalue weighted by molar-refractivity contribution is 9.10. The number of halogens is 1. The summed E-state index contributed by atoms with van der Waals surface area (Å²) in [4.78, 5) is 2.45. The van der Waals surface area contributed by atoms with Crippen molar-refractivity contribution in [2.45, 2.75) is 38.7 Å². The molecule has 3 heteroatoms. The Morgan fingerprint density at radius 3 is 2.35 bits per heavy atom. The molecule has 1 aliphatic heterocycles. The second-order valence-corrected chi connectivity index (χ2v) is 5.64. The maximum Gasteiger partial charge on any atom is 0.0772 e. The third kappa shape index (κ3) is 3.23.